The summed E-state index contributed by atoms with van der Waals surface area (Å²) in [7, 11) is 1.79. The first-order valence-corrected chi connectivity index (χ1v) is 5.63. The monoisotopic (exact) mass is 205 g/mol. The van der Waals surface area contributed by atoms with E-state index in [0.29, 0.717) is 0 Å². The fourth-order valence-electron chi connectivity index (χ4n) is 2.49. The van der Waals surface area contributed by atoms with Crippen molar-refractivity contribution in [3.8, 4) is 0 Å². The molecule has 1 aromatic rings. The van der Waals surface area contributed by atoms with Crippen LogP contribution in [0.15, 0.2) is 30.3 Å². The Labute approximate surface area is 91.6 Å². The molecule has 1 atom stereocenters. The van der Waals surface area contributed by atoms with Crippen molar-refractivity contribution in [3.63, 3.8) is 0 Å². The fourth-order valence-corrected chi connectivity index (χ4v) is 2.49. The minimum absolute atomic E-state index is 0.189. The van der Waals surface area contributed by atoms with Crippen LogP contribution in [0.5, 0.6) is 0 Å². The summed E-state index contributed by atoms with van der Waals surface area (Å²) in [6, 6.07) is 10.7. The van der Waals surface area contributed by atoms with Crippen LogP contribution in [0, 0.1) is 0 Å². The predicted octanol–water partition coefficient (Wildman–Crippen LogP) is 1.95. The summed E-state index contributed by atoms with van der Waals surface area (Å²) in [6.45, 7) is 2.98. The topological polar surface area (TPSA) is 21.3 Å². The molecule has 82 valence electrons. The number of methoxy groups -OCH3 is 1. The van der Waals surface area contributed by atoms with Gasteiger partial charge in [0.15, 0.2) is 0 Å². The first kappa shape index (κ1) is 10.7. The van der Waals surface area contributed by atoms with E-state index in [2.05, 4.69) is 35.6 Å². The number of rotatable bonds is 3. The van der Waals surface area contributed by atoms with Crippen LogP contribution in [0.2, 0.25) is 0 Å². The summed E-state index contributed by atoms with van der Waals surface area (Å²) < 4.78 is 5.40. The van der Waals surface area contributed by atoms with Crippen LogP contribution >= 0.6 is 0 Å². The summed E-state index contributed by atoms with van der Waals surface area (Å²) in [4.78, 5) is 0. The van der Waals surface area contributed by atoms with Gasteiger partial charge in [-0.1, -0.05) is 30.3 Å². The molecule has 0 aliphatic carbocycles. The molecule has 1 aliphatic rings. The summed E-state index contributed by atoms with van der Waals surface area (Å²) in [5, 5.41) is 3.48. The molecule has 2 nitrogen and oxygen atoms in total. The molecule has 1 unspecified atom stereocenters. The normalized spacial score (nSPS) is 26.5. The van der Waals surface area contributed by atoms with Crippen LogP contribution in [0.3, 0.4) is 0 Å². The molecule has 1 heterocycles. The van der Waals surface area contributed by atoms with Crippen molar-refractivity contribution in [2.45, 2.75) is 18.3 Å². The average molecular weight is 205 g/mol. The molecule has 0 saturated carbocycles. The molecule has 2 heteroatoms. The molecular formula is C13H19NO. The highest BCUT2D eigenvalue weighted by Crippen LogP contribution is 2.31. The van der Waals surface area contributed by atoms with E-state index < -0.39 is 0 Å². The number of hydrogen-bond donors (Lipinski definition) is 1. The predicted molar refractivity (Wildman–Crippen MR) is 62.1 cm³/mol. The highest BCUT2D eigenvalue weighted by molar-refractivity contribution is 5.26. The van der Waals surface area contributed by atoms with Crippen LogP contribution < -0.4 is 5.32 Å². The third kappa shape index (κ3) is 2.21. The van der Waals surface area contributed by atoms with Crippen molar-refractivity contribution in [2.24, 2.45) is 0 Å². The zero-order valence-corrected chi connectivity index (χ0v) is 9.33. The Balaban J connectivity index is 2.25. The molecule has 1 N–H and O–H groups in total. The Morgan fingerprint density at radius 3 is 2.73 bits per heavy atom. The third-order valence-corrected chi connectivity index (χ3v) is 3.28. The molecule has 0 amide bonds. The van der Waals surface area contributed by atoms with Gasteiger partial charge in [0.1, 0.15) is 0 Å². The highest BCUT2D eigenvalue weighted by atomic mass is 16.5. The van der Waals surface area contributed by atoms with Gasteiger partial charge in [0.25, 0.3) is 0 Å². The molecule has 0 radical (unpaired) electrons. The lowest BCUT2D eigenvalue weighted by Gasteiger charge is -2.37. The maximum atomic E-state index is 5.40. The van der Waals surface area contributed by atoms with E-state index in [1.165, 1.54) is 18.4 Å². The van der Waals surface area contributed by atoms with E-state index in [1.54, 1.807) is 7.11 Å². The SMILES string of the molecule is COCC1(c2ccccc2)CCCNC1. The number of piperidine rings is 1. The largest absolute Gasteiger partial charge is 0.384 e. The van der Waals surface area contributed by atoms with E-state index in [-0.39, 0.29) is 5.41 Å². The Bertz CT molecular complexity index is 285. The van der Waals surface area contributed by atoms with Gasteiger partial charge < -0.3 is 10.1 Å². The second-order valence-electron chi connectivity index (χ2n) is 4.36. The van der Waals surface area contributed by atoms with Crippen LogP contribution in [-0.2, 0) is 10.2 Å². The second kappa shape index (κ2) is 4.77. The summed E-state index contributed by atoms with van der Waals surface area (Å²) in [5.74, 6) is 0. The molecule has 2 rings (SSSR count). The molecule has 1 saturated heterocycles. The number of ether oxygens (including phenoxy) is 1. The maximum Gasteiger partial charge on any atom is 0.0571 e. The molecule has 1 aliphatic heterocycles. The van der Waals surface area contributed by atoms with E-state index in [9.17, 15) is 0 Å². The molecule has 0 aromatic heterocycles. The van der Waals surface area contributed by atoms with Crippen molar-refractivity contribution in [3.05, 3.63) is 35.9 Å². The van der Waals surface area contributed by atoms with Gasteiger partial charge in [-0.2, -0.15) is 0 Å². The zero-order valence-electron chi connectivity index (χ0n) is 9.33. The van der Waals surface area contributed by atoms with E-state index >= 15 is 0 Å². The second-order valence-corrected chi connectivity index (χ2v) is 4.36. The van der Waals surface area contributed by atoms with Gasteiger partial charge in [-0.25, -0.2) is 0 Å². The van der Waals surface area contributed by atoms with E-state index in [0.717, 1.165) is 19.7 Å². The van der Waals surface area contributed by atoms with Gasteiger partial charge in [0.2, 0.25) is 0 Å². The van der Waals surface area contributed by atoms with Gasteiger partial charge in [0, 0.05) is 19.1 Å². The van der Waals surface area contributed by atoms with Crippen LogP contribution in [0.1, 0.15) is 18.4 Å². The quantitative estimate of drug-likeness (QED) is 0.814. The minimum atomic E-state index is 0.189. The molecule has 0 bridgehead atoms. The fraction of sp³-hybridized carbons (Fsp3) is 0.538. The van der Waals surface area contributed by atoms with Gasteiger partial charge in [-0.3, -0.25) is 0 Å². The van der Waals surface area contributed by atoms with Crippen LogP contribution in [0.4, 0.5) is 0 Å². The molecule has 1 fully saturated rings. The molecule has 15 heavy (non-hydrogen) atoms. The molecule has 1 aromatic carbocycles. The van der Waals surface area contributed by atoms with Crippen molar-refractivity contribution >= 4 is 0 Å². The average Bonchev–Trinajstić information content (AvgIpc) is 2.32. The van der Waals surface area contributed by atoms with Crippen molar-refractivity contribution in [2.75, 3.05) is 26.8 Å². The number of hydrogen-bond acceptors (Lipinski definition) is 2. The lowest BCUT2D eigenvalue weighted by atomic mass is 9.75. The van der Waals surface area contributed by atoms with Crippen molar-refractivity contribution in [1.29, 1.82) is 0 Å². The summed E-state index contributed by atoms with van der Waals surface area (Å²) >= 11 is 0. The minimum Gasteiger partial charge on any atom is -0.384 e. The standard InChI is InChI=1S/C13H19NO/c1-15-11-13(8-5-9-14-10-13)12-6-3-2-4-7-12/h2-4,6-7,14H,5,8-11H2,1H3. The van der Waals surface area contributed by atoms with Gasteiger partial charge in [-0.05, 0) is 24.9 Å². The maximum absolute atomic E-state index is 5.40. The van der Waals surface area contributed by atoms with Gasteiger partial charge in [0.05, 0.1) is 6.61 Å². The summed E-state index contributed by atoms with van der Waals surface area (Å²) in [5.41, 5.74) is 1.59. The third-order valence-electron chi connectivity index (χ3n) is 3.28. The smallest absolute Gasteiger partial charge is 0.0571 e. The first-order valence-electron chi connectivity index (χ1n) is 5.63. The van der Waals surface area contributed by atoms with E-state index in [1.807, 2.05) is 0 Å². The molecule has 0 spiro atoms. The Hall–Kier alpha value is -0.860. The Morgan fingerprint density at radius 2 is 2.13 bits per heavy atom. The van der Waals surface area contributed by atoms with Crippen LogP contribution in [0.25, 0.3) is 0 Å². The number of nitrogens with one attached hydrogen (secondary N) is 1. The Kier molecular flexibility index (Phi) is 3.39. The van der Waals surface area contributed by atoms with Crippen molar-refractivity contribution < 1.29 is 4.74 Å². The zero-order chi connectivity index (χ0) is 10.6. The van der Waals surface area contributed by atoms with E-state index in [4.69, 9.17) is 4.74 Å². The lowest BCUT2D eigenvalue weighted by molar-refractivity contribution is 0.111. The molecular weight excluding hydrogens is 186 g/mol. The van der Waals surface area contributed by atoms with Crippen LogP contribution in [-0.4, -0.2) is 26.8 Å². The van der Waals surface area contributed by atoms with Crippen molar-refractivity contribution in [1.82, 2.24) is 5.32 Å². The van der Waals surface area contributed by atoms with Gasteiger partial charge in [-0.15, -0.1) is 0 Å². The first-order chi connectivity index (χ1) is 7.37. The number of benzene rings is 1. The summed E-state index contributed by atoms with van der Waals surface area (Å²) in [6.07, 6.45) is 2.45. The highest BCUT2D eigenvalue weighted by Gasteiger charge is 2.33. The lowest BCUT2D eigenvalue weighted by Crippen LogP contribution is -2.46. The Morgan fingerprint density at radius 1 is 1.33 bits per heavy atom. The van der Waals surface area contributed by atoms with Gasteiger partial charge >= 0.3 is 0 Å².